The van der Waals surface area contributed by atoms with Gasteiger partial charge >= 0.3 is 0 Å². The van der Waals surface area contributed by atoms with E-state index < -0.39 is 6.10 Å². The first-order valence-corrected chi connectivity index (χ1v) is 6.24. The van der Waals surface area contributed by atoms with Crippen LogP contribution in [0.25, 0.3) is 0 Å². The third-order valence-electron chi connectivity index (χ3n) is 3.62. The lowest BCUT2D eigenvalue weighted by molar-refractivity contribution is 0.131. The third-order valence-corrected chi connectivity index (χ3v) is 3.62. The summed E-state index contributed by atoms with van der Waals surface area (Å²) in [4.78, 5) is 10.8. The Kier molecular flexibility index (Phi) is 2.72. The smallest absolute Gasteiger partial charge is 0.225 e. The van der Waals surface area contributed by atoms with Crippen LogP contribution in [0.4, 0.5) is 5.95 Å². The zero-order valence-electron chi connectivity index (χ0n) is 9.79. The minimum absolute atomic E-state index is 0.114. The maximum Gasteiger partial charge on any atom is 0.225 e. The lowest BCUT2D eigenvalue weighted by atomic mass is 10.0. The number of β-amino-alcohol motifs (C(OH)–C–C–N with tert-alkyl or cyclic N) is 1. The molecule has 92 valence electrons. The van der Waals surface area contributed by atoms with Gasteiger partial charge in [0.05, 0.1) is 6.10 Å². The number of hydrogen-bond donors (Lipinski definition) is 2. The highest BCUT2D eigenvalue weighted by Crippen LogP contribution is 2.39. The van der Waals surface area contributed by atoms with Crippen LogP contribution in [-0.2, 0) is 0 Å². The number of hydrogen-bond acceptors (Lipinski definition) is 5. The molecule has 17 heavy (non-hydrogen) atoms. The lowest BCUT2D eigenvalue weighted by Crippen LogP contribution is -2.51. The molecule has 1 saturated carbocycles. The molecule has 0 bridgehead atoms. The van der Waals surface area contributed by atoms with Gasteiger partial charge in [0.1, 0.15) is 0 Å². The molecule has 3 N–H and O–H groups in total. The van der Waals surface area contributed by atoms with Crippen molar-refractivity contribution in [2.24, 2.45) is 5.73 Å². The fraction of sp³-hybridized carbons (Fsp3) is 0.667. The summed E-state index contributed by atoms with van der Waals surface area (Å²) in [5.41, 5.74) is 7.01. The van der Waals surface area contributed by atoms with Crippen molar-refractivity contribution >= 4 is 5.95 Å². The van der Waals surface area contributed by atoms with Crippen LogP contribution in [0.3, 0.4) is 0 Å². The number of piperidine rings is 1. The Labute approximate surface area is 101 Å². The summed E-state index contributed by atoms with van der Waals surface area (Å²) in [6.45, 7) is 1.35. The lowest BCUT2D eigenvalue weighted by Gasteiger charge is -2.33. The summed E-state index contributed by atoms with van der Waals surface area (Å²) in [5.74, 6) is 1.39. The zero-order valence-corrected chi connectivity index (χ0v) is 9.79. The molecule has 0 aromatic carbocycles. The molecule has 0 spiro atoms. The number of aliphatic hydroxyl groups excluding tert-OH is 1. The molecule has 2 atom stereocenters. The van der Waals surface area contributed by atoms with Gasteiger partial charge in [0.15, 0.2) is 0 Å². The monoisotopic (exact) mass is 234 g/mol. The van der Waals surface area contributed by atoms with Gasteiger partial charge in [0, 0.05) is 31.5 Å². The van der Waals surface area contributed by atoms with Crippen LogP contribution in [0.2, 0.25) is 0 Å². The van der Waals surface area contributed by atoms with E-state index in [0.717, 1.165) is 13.0 Å². The first kappa shape index (κ1) is 10.9. The Bertz CT molecular complexity index is 390. The zero-order chi connectivity index (χ0) is 11.8. The van der Waals surface area contributed by atoms with Gasteiger partial charge in [-0.3, -0.25) is 0 Å². The van der Waals surface area contributed by atoms with Crippen molar-refractivity contribution in [1.29, 1.82) is 0 Å². The average molecular weight is 234 g/mol. The Morgan fingerprint density at radius 3 is 2.53 bits per heavy atom. The highest BCUT2D eigenvalue weighted by molar-refractivity contribution is 5.32. The number of nitrogens with two attached hydrogens (primary N) is 1. The van der Waals surface area contributed by atoms with Crippen molar-refractivity contribution in [3.63, 3.8) is 0 Å². The van der Waals surface area contributed by atoms with E-state index in [1.807, 2.05) is 17.3 Å². The average Bonchev–Trinajstić information content (AvgIpc) is 3.17. The molecule has 0 unspecified atom stereocenters. The molecule has 0 radical (unpaired) electrons. The molecule has 2 heterocycles. The van der Waals surface area contributed by atoms with E-state index in [1.165, 1.54) is 18.4 Å². The van der Waals surface area contributed by atoms with Gasteiger partial charge in [-0.15, -0.1) is 0 Å². The number of anilines is 1. The number of nitrogens with zero attached hydrogens (tertiary/aromatic N) is 3. The largest absolute Gasteiger partial charge is 0.390 e. The topological polar surface area (TPSA) is 75.3 Å². The Balaban J connectivity index is 1.70. The SMILES string of the molecule is N[C@@H]1CCN(c2ncc(C3CC3)cn2)C[C@H]1O. The molecule has 5 heteroatoms. The molecule has 1 aliphatic heterocycles. The molecule has 1 aromatic heterocycles. The van der Waals surface area contributed by atoms with Crippen LogP contribution >= 0.6 is 0 Å². The fourth-order valence-electron chi connectivity index (χ4n) is 2.25. The van der Waals surface area contributed by atoms with Crippen LogP contribution in [0.1, 0.15) is 30.7 Å². The van der Waals surface area contributed by atoms with Crippen molar-refractivity contribution in [2.45, 2.75) is 37.3 Å². The van der Waals surface area contributed by atoms with Gasteiger partial charge < -0.3 is 15.7 Å². The van der Waals surface area contributed by atoms with Gasteiger partial charge in [-0.2, -0.15) is 0 Å². The summed E-state index contributed by atoms with van der Waals surface area (Å²) >= 11 is 0. The maximum atomic E-state index is 9.74. The molecule has 1 aromatic rings. The minimum Gasteiger partial charge on any atom is -0.390 e. The Morgan fingerprint density at radius 1 is 1.24 bits per heavy atom. The van der Waals surface area contributed by atoms with E-state index in [0.29, 0.717) is 18.4 Å². The Hall–Kier alpha value is -1.20. The summed E-state index contributed by atoms with van der Waals surface area (Å²) in [6, 6.07) is -0.114. The van der Waals surface area contributed by atoms with Gasteiger partial charge in [-0.25, -0.2) is 9.97 Å². The van der Waals surface area contributed by atoms with Crippen molar-refractivity contribution in [2.75, 3.05) is 18.0 Å². The van der Waals surface area contributed by atoms with E-state index in [1.54, 1.807) is 0 Å². The molecule has 0 amide bonds. The predicted molar refractivity (Wildman–Crippen MR) is 64.8 cm³/mol. The van der Waals surface area contributed by atoms with E-state index in [2.05, 4.69) is 9.97 Å². The van der Waals surface area contributed by atoms with E-state index in [-0.39, 0.29) is 6.04 Å². The Morgan fingerprint density at radius 2 is 1.94 bits per heavy atom. The van der Waals surface area contributed by atoms with Gasteiger partial charge in [0.2, 0.25) is 5.95 Å². The second kappa shape index (κ2) is 4.23. The molecule has 2 fully saturated rings. The van der Waals surface area contributed by atoms with Gasteiger partial charge in [-0.1, -0.05) is 0 Å². The molecule has 3 rings (SSSR count). The van der Waals surface area contributed by atoms with Gasteiger partial charge in [-0.05, 0) is 30.7 Å². The van der Waals surface area contributed by atoms with Crippen molar-refractivity contribution < 1.29 is 5.11 Å². The molecule has 2 aliphatic rings. The highest BCUT2D eigenvalue weighted by atomic mass is 16.3. The maximum absolute atomic E-state index is 9.74. The third kappa shape index (κ3) is 2.25. The summed E-state index contributed by atoms with van der Waals surface area (Å²) in [5, 5.41) is 9.74. The van der Waals surface area contributed by atoms with Crippen LogP contribution in [0, 0.1) is 0 Å². The molecule has 5 nitrogen and oxygen atoms in total. The summed E-state index contributed by atoms with van der Waals surface area (Å²) < 4.78 is 0. The van der Waals surface area contributed by atoms with Crippen molar-refractivity contribution in [3.05, 3.63) is 18.0 Å². The van der Waals surface area contributed by atoms with E-state index in [4.69, 9.17) is 5.73 Å². The quantitative estimate of drug-likeness (QED) is 0.767. The number of aromatic nitrogens is 2. The summed E-state index contributed by atoms with van der Waals surface area (Å²) in [6.07, 6.45) is 6.67. The van der Waals surface area contributed by atoms with Crippen molar-refractivity contribution in [1.82, 2.24) is 9.97 Å². The normalized spacial score (nSPS) is 29.4. The van der Waals surface area contributed by atoms with Gasteiger partial charge in [0.25, 0.3) is 0 Å². The van der Waals surface area contributed by atoms with Crippen LogP contribution in [0.5, 0.6) is 0 Å². The van der Waals surface area contributed by atoms with Crippen LogP contribution in [-0.4, -0.2) is 40.3 Å². The molecular formula is C12H18N4O. The minimum atomic E-state index is -0.476. The fourth-order valence-corrected chi connectivity index (χ4v) is 2.25. The first-order valence-electron chi connectivity index (χ1n) is 6.24. The number of rotatable bonds is 2. The first-order chi connectivity index (χ1) is 8.24. The van der Waals surface area contributed by atoms with E-state index in [9.17, 15) is 5.11 Å². The molecular weight excluding hydrogens is 216 g/mol. The highest BCUT2D eigenvalue weighted by Gasteiger charge is 2.27. The second-order valence-electron chi connectivity index (χ2n) is 5.06. The van der Waals surface area contributed by atoms with E-state index >= 15 is 0 Å². The molecule has 1 aliphatic carbocycles. The van der Waals surface area contributed by atoms with Crippen LogP contribution in [0.15, 0.2) is 12.4 Å². The summed E-state index contributed by atoms with van der Waals surface area (Å²) in [7, 11) is 0. The second-order valence-corrected chi connectivity index (χ2v) is 5.06. The van der Waals surface area contributed by atoms with Crippen LogP contribution < -0.4 is 10.6 Å². The molecule has 1 saturated heterocycles. The van der Waals surface area contributed by atoms with Crippen molar-refractivity contribution in [3.8, 4) is 0 Å². The predicted octanol–water partition coefficient (Wildman–Crippen LogP) is 0.252. The number of aliphatic hydroxyl groups is 1. The standard InChI is InChI=1S/C12H18N4O/c13-10-3-4-16(7-11(10)17)12-14-5-9(6-15-12)8-1-2-8/h5-6,8,10-11,17H,1-4,7,13H2/t10-,11-/m1/s1.